The highest BCUT2D eigenvalue weighted by Crippen LogP contribution is 2.31. The Morgan fingerprint density at radius 2 is 1.94 bits per heavy atom. The van der Waals surface area contributed by atoms with Crippen molar-refractivity contribution in [2.45, 2.75) is 12.5 Å². The van der Waals surface area contributed by atoms with Gasteiger partial charge in [0.1, 0.15) is 5.75 Å². The molecule has 2 aromatic heterocycles. The van der Waals surface area contributed by atoms with Gasteiger partial charge in [-0.05, 0) is 42.0 Å². The molecule has 3 N–H and O–H groups in total. The molecule has 4 aromatic rings. The normalized spacial score (nSPS) is 11.7. The molecule has 4 rings (SSSR count). The zero-order chi connectivity index (χ0) is 22.5. The number of benzene rings is 2. The predicted octanol–water partition coefficient (Wildman–Crippen LogP) is 6.10. The van der Waals surface area contributed by atoms with E-state index in [1.165, 1.54) is 11.3 Å². The number of nitrogens with zero attached hydrogens (tertiary/aromatic N) is 1. The second kappa shape index (κ2) is 9.77. The van der Waals surface area contributed by atoms with E-state index in [0.717, 1.165) is 10.4 Å². The molecule has 0 bridgehead atoms. The van der Waals surface area contributed by atoms with E-state index in [1.54, 1.807) is 60.9 Å². The quantitative estimate of drug-likeness (QED) is 0.291. The number of pyridine rings is 1. The van der Waals surface area contributed by atoms with Crippen LogP contribution in [0.4, 0.5) is 0 Å². The van der Waals surface area contributed by atoms with Gasteiger partial charge < -0.3 is 15.8 Å². The van der Waals surface area contributed by atoms with Crippen molar-refractivity contribution in [2.75, 3.05) is 0 Å². The first kappa shape index (κ1) is 21.7. The minimum absolute atomic E-state index is 0.0718. The van der Waals surface area contributed by atoms with Crippen LogP contribution < -0.4 is 5.32 Å². The maximum absolute atomic E-state index is 13.1. The number of amides is 1. The van der Waals surface area contributed by atoms with Crippen LogP contribution in [0.1, 0.15) is 33.3 Å². The molecule has 0 aliphatic rings. The fraction of sp³-hybridized carbons (Fsp3) is 0.0800. The summed E-state index contributed by atoms with van der Waals surface area (Å²) in [5, 5.41) is 22.5. The van der Waals surface area contributed by atoms with Crippen LogP contribution in [-0.2, 0) is 0 Å². The van der Waals surface area contributed by atoms with Crippen molar-refractivity contribution < 1.29 is 9.90 Å². The molecule has 1 atom stereocenters. The van der Waals surface area contributed by atoms with Crippen LogP contribution >= 0.6 is 22.9 Å². The van der Waals surface area contributed by atoms with Crippen LogP contribution in [0.25, 0.3) is 10.4 Å². The monoisotopic (exact) mass is 461 g/mol. The summed E-state index contributed by atoms with van der Waals surface area (Å²) in [5.74, 6) is -0.196. The zero-order valence-corrected chi connectivity index (χ0v) is 18.5. The van der Waals surface area contributed by atoms with Crippen molar-refractivity contribution in [3.63, 3.8) is 0 Å². The van der Waals surface area contributed by atoms with Crippen molar-refractivity contribution in [2.24, 2.45) is 0 Å². The Labute approximate surface area is 194 Å². The maximum Gasteiger partial charge on any atom is 0.261 e. The van der Waals surface area contributed by atoms with Crippen LogP contribution in [0.3, 0.4) is 0 Å². The SMILES string of the molecule is N=C(CC(NC(=O)c1ccc(-c2cccc(Cl)c2)s1)c1ccccc1O)c1cccnc1. The highest BCUT2D eigenvalue weighted by Gasteiger charge is 2.22. The summed E-state index contributed by atoms with van der Waals surface area (Å²) in [4.78, 5) is 18.6. The van der Waals surface area contributed by atoms with Crippen LogP contribution in [0, 0.1) is 5.41 Å². The van der Waals surface area contributed by atoms with Gasteiger partial charge in [-0.3, -0.25) is 9.78 Å². The van der Waals surface area contributed by atoms with Crippen molar-refractivity contribution in [1.29, 1.82) is 5.41 Å². The molecule has 0 spiro atoms. The fourth-order valence-electron chi connectivity index (χ4n) is 3.37. The molecule has 0 fully saturated rings. The number of rotatable bonds is 7. The molecule has 0 saturated heterocycles. The molecule has 32 heavy (non-hydrogen) atoms. The molecule has 7 heteroatoms. The summed E-state index contributed by atoms with van der Waals surface area (Å²) in [6.07, 6.45) is 3.47. The lowest BCUT2D eigenvalue weighted by atomic mass is 9.97. The van der Waals surface area contributed by atoms with Gasteiger partial charge in [0.2, 0.25) is 0 Å². The van der Waals surface area contributed by atoms with Crippen LogP contribution in [0.2, 0.25) is 5.02 Å². The molecule has 2 aromatic carbocycles. The molecule has 1 amide bonds. The number of halogens is 1. The summed E-state index contributed by atoms with van der Waals surface area (Å²) >= 11 is 7.45. The van der Waals surface area contributed by atoms with E-state index in [2.05, 4.69) is 10.3 Å². The number of thiophene rings is 1. The van der Waals surface area contributed by atoms with Gasteiger partial charge in [-0.15, -0.1) is 11.3 Å². The number of aromatic nitrogens is 1. The van der Waals surface area contributed by atoms with Gasteiger partial charge in [-0.1, -0.05) is 48.0 Å². The van der Waals surface area contributed by atoms with E-state index in [4.69, 9.17) is 17.0 Å². The predicted molar refractivity (Wildman–Crippen MR) is 129 cm³/mol. The third-order valence-electron chi connectivity index (χ3n) is 4.97. The van der Waals surface area contributed by atoms with Crippen molar-refractivity contribution in [1.82, 2.24) is 10.3 Å². The van der Waals surface area contributed by atoms with Crippen LogP contribution in [0.15, 0.2) is 85.2 Å². The second-order valence-corrected chi connectivity index (χ2v) is 8.70. The smallest absolute Gasteiger partial charge is 0.261 e. The third kappa shape index (κ3) is 5.04. The molecule has 2 heterocycles. The van der Waals surface area contributed by atoms with Gasteiger partial charge in [0, 0.05) is 45.6 Å². The number of aromatic hydroxyl groups is 1. The molecular formula is C25H20ClN3O2S. The van der Waals surface area contributed by atoms with E-state index >= 15 is 0 Å². The van der Waals surface area contributed by atoms with E-state index in [1.807, 2.05) is 24.3 Å². The molecule has 160 valence electrons. The lowest BCUT2D eigenvalue weighted by molar-refractivity contribution is 0.0941. The minimum Gasteiger partial charge on any atom is -0.508 e. The maximum atomic E-state index is 13.1. The Morgan fingerprint density at radius 3 is 2.69 bits per heavy atom. The molecular weight excluding hydrogens is 442 g/mol. The highest BCUT2D eigenvalue weighted by molar-refractivity contribution is 7.17. The number of para-hydroxylation sites is 1. The van der Waals surface area contributed by atoms with Crippen LogP contribution in [0.5, 0.6) is 5.75 Å². The lowest BCUT2D eigenvalue weighted by Gasteiger charge is -2.20. The number of nitrogens with one attached hydrogen (secondary N) is 2. The number of hydrogen-bond acceptors (Lipinski definition) is 5. The number of phenols is 1. The summed E-state index contributed by atoms with van der Waals surface area (Å²) in [5.41, 5.74) is 2.48. The lowest BCUT2D eigenvalue weighted by Crippen LogP contribution is -2.29. The van der Waals surface area contributed by atoms with E-state index in [-0.39, 0.29) is 18.1 Å². The van der Waals surface area contributed by atoms with Crippen molar-refractivity contribution in [3.8, 4) is 16.2 Å². The van der Waals surface area contributed by atoms with Crippen LogP contribution in [-0.4, -0.2) is 21.7 Å². The number of hydrogen-bond donors (Lipinski definition) is 3. The third-order valence-corrected chi connectivity index (χ3v) is 6.34. The van der Waals surface area contributed by atoms with E-state index in [9.17, 15) is 9.90 Å². The number of carbonyl (C=O) groups is 1. The van der Waals surface area contributed by atoms with E-state index in [0.29, 0.717) is 26.7 Å². The molecule has 0 saturated carbocycles. The topological polar surface area (TPSA) is 86.1 Å². The molecule has 0 radical (unpaired) electrons. The Kier molecular flexibility index (Phi) is 6.63. The van der Waals surface area contributed by atoms with Gasteiger partial charge in [-0.25, -0.2) is 0 Å². The Morgan fingerprint density at radius 1 is 1.09 bits per heavy atom. The standard InChI is InChI=1S/C25H20ClN3O2S/c26-18-7-3-5-16(13-18)23-10-11-24(32-23)25(31)29-21(19-8-1-2-9-22(19)30)14-20(27)17-6-4-12-28-15-17/h1-13,15,21,27,30H,14H2,(H,29,31). The second-order valence-electron chi connectivity index (χ2n) is 7.18. The number of carbonyl (C=O) groups excluding carboxylic acids is 1. The largest absolute Gasteiger partial charge is 0.508 e. The van der Waals surface area contributed by atoms with Gasteiger partial charge >= 0.3 is 0 Å². The Balaban J connectivity index is 1.58. The Bertz CT molecular complexity index is 1260. The average Bonchev–Trinajstić information content (AvgIpc) is 3.30. The first-order valence-corrected chi connectivity index (χ1v) is 11.1. The summed E-state index contributed by atoms with van der Waals surface area (Å²) in [6.45, 7) is 0. The molecule has 0 aliphatic heterocycles. The van der Waals surface area contributed by atoms with Crippen molar-refractivity contribution in [3.05, 3.63) is 106 Å². The fourth-order valence-corrected chi connectivity index (χ4v) is 4.47. The summed E-state index contributed by atoms with van der Waals surface area (Å²) < 4.78 is 0. The summed E-state index contributed by atoms with van der Waals surface area (Å²) in [6, 6.07) is 21.0. The first-order chi connectivity index (χ1) is 15.5. The van der Waals surface area contributed by atoms with Gasteiger partial charge in [0.05, 0.1) is 10.9 Å². The first-order valence-electron chi connectivity index (χ1n) is 9.93. The van der Waals surface area contributed by atoms with Gasteiger partial charge in [0.15, 0.2) is 0 Å². The molecule has 1 unspecified atom stereocenters. The zero-order valence-electron chi connectivity index (χ0n) is 17.0. The average molecular weight is 462 g/mol. The molecule has 5 nitrogen and oxygen atoms in total. The highest BCUT2D eigenvalue weighted by atomic mass is 35.5. The minimum atomic E-state index is -0.576. The van der Waals surface area contributed by atoms with Crippen molar-refractivity contribution >= 4 is 34.6 Å². The van der Waals surface area contributed by atoms with Gasteiger partial charge in [-0.2, -0.15) is 0 Å². The summed E-state index contributed by atoms with van der Waals surface area (Å²) in [7, 11) is 0. The van der Waals surface area contributed by atoms with Gasteiger partial charge in [0.25, 0.3) is 5.91 Å². The Hall–Kier alpha value is -3.48. The number of phenolic OH excluding ortho intramolecular Hbond substituents is 1. The molecule has 0 aliphatic carbocycles. The van der Waals surface area contributed by atoms with E-state index < -0.39 is 6.04 Å².